The third-order valence-electron chi connectivity index (χ3n) is 4.78. The van der Waals surface area contributed by atoms with E-state index in [1.54, 1.807) is 0 Å². The summed E-state index contributed by atoms with van der Waals surface area (Å²) in [6, 6.07) is 10.5. The van der Waals surface area contributed by atoms with Crippen LogP contribution in [0.3, 0.4) is 0 Å². The highest BCUT2D eigenvalue weighted by Gasteiger charge is 2.25. The first kappa shape index (κ1) is 15.0. The number of benzene rings is 1. The second-order valence-electron chi connectivity index (χ2n) is 6.64. The van der Waals surface area contributed by atoms with E-state index < -0.39 is 0 Å². The Morgan fingerprint density at radius 2 is 2.04 bits per heavy atom. The first-order valence-electron chi connectivity index (χ1n) is 8.44. The number of hydrogen-bond acceptors (Lipinski definition) is 4. The summed E-state index contributed by atoms with van der Waals surface area (Å²) in [6.07, 6.45) is 3.11. The summed E-state index contributed by atoms with van der Waals surface area (Å²) in [5, 5.41) is 13.4. The molecule has 0 aliphatic heterocycles. The van der Waals surface area contributed by atoms with Gasteiger partial charge in [-0.15, -0.1) is 0 Å². The average Bonchev–Trinajstić information content (AvgIpc) is 3.18. The molecule has 4 rings (SSSR count). The molecule has 0 bridgehead atoms. The Kier molecular flexibility index (Phi) is 3.62. The fourth-order valence-corrected chi connectivity index (χ4v) is 3.67. The normalized spacial score (nSPS) is 13.6. The topological polar surface area (TPSA) is 56.4 Å². The quantitative estimate of drug-likeness (QED) is 0.803. The first-order chi connectivity index (χ1) is 11.7. The maximum Gasteiger partial charge on any atom is 0.157 e. The van der Waals surface area contributed by atoms with E-state index in [-0.39, 0.29) is 0 Å². The molecule has 2 heterocycles. The second-order valence-corrected chi connectivity index (χ2v) is 6.64. The van der Waals surface area contributed by atoms with Gasteiger partial charge in [0.2, 0.25) is 0 Å². The fraction of sp³-hybridized carbons (Fsp3) is 0.368. The Morgan fingerprint density at radius 1 is 1.25 bits per heavy atom. The van der Waals surface area contributed by atoms with Crippen LogP contribution in [0.15, 0.2) is 24.3 Å². The number of nitrogens with zero attached hydrogens (tertiary/aromatic N) is 4. The van der Waals surface area contributed by atoms with Gasteiger partial charge in [0, 0.05) is 13.1 Å². The number of nitrogens with one attached hydrogen (secondary N) is 1. The lowest BCUT2D eigenvalue weighted by Crippen LogP contribution is -2.22. The van der Waals surface area contributed by atoms with Crippen LogP contribution >= 0.6 is 0 Å². The highest BCUT2D eigenvalue weighted by Crippen LogP contribution is 2.36. The predicted octanol–water partition coefficient (Wildman–Crippen LogP) is 2.82. The molecular formula is C19H21N5. The summed E-state index contributed by atoms with van der Waals surface area (Å²) < 4.78 is 2.15. The van der Waals surface area contributed by atoms with Crippen LogP contribution in [0.5, 0.6) is 0 Å². The van der Waals surface area contributed by atoms with E-state index in [0.717, 1.165) is 60.4 Å². The molecule has 5 heteroatoms. The largest absolute Gasteiger partial charge is 0.370 e. The zero-order valence-corrected chi connectivity index (χ0v) is 14.1. The zero-order chi connectivity index (χ0) is 16.7. The summed E-state index contributed by atoms with van der Waals surface area (Å²) in [4.78, 5) is 6.92. The van der Waals surface area contributed by atoms with E-state index in [1.165, 1.54) is 11.1 Å². The minimum Gasteiger partial charge on any atom is -0.370 e. The number of rotatable bonds is 4. The molecule has 1 aliphatic carbocycles. The van der Waals surface area contributed by atoms with Crippen molar-refractivity contribution in [1.29, 1.82) is 5.26 Å². The molecule has 0 unspecified atom stereocenters. The Balaban J connectivity index is 1.99. The third-order valence-corrected chi connectivity index (χ3v) is 4.78. The standard InChI is InChI=1S/C19H21N5/c1-23(2)11-10-21-18-14-7-5-6-13(14)15(12-20)19-22-16-8-3-4-9-17(16)24(18)19/h3-4,8-9,21H,5-7,10-11H2,1-2H3. The lowest BCUT2D eigenvalue weighted by molar-refractivity contribution is 0.425. The molecular weight excluding hydrogens is 298 g/mol. The van der Waals surface area contributed by atoms with Crippen LogP contribution in [0, 0.1) is 11.3 Å². The van der Waals surface area contributed by atoms with Crippen molar-refractivity contribution in [1.82, 2.24) is 14.3 Å². The highest BCUT2D eigenvalue weighted by molar-refractivity contribution is 5.86. The third kappa shape index (κ3) is 2.22. The van der Waals surface area contributed by atoms with Gasteiger partial charge in [-0.05, 0) is 56.6 Å². The van der Waals surface area contributed by atoms with Crippen molar-refractivity contribution in [3.05, 3.63) is 41.0 Å². The first-order valence-corrected chi connectivity index (χ1v) is 8.44. The minimum atomic E-state index is 0.747. The molecule has 0 spiro atoms. The van der Waals surface area contributed by atoms with Gasteiger partial charge >= 0.3 is 0 Å². The van der Waals surface area contributed by atoms with Crippen molar-refractivity contribution in [2.45, 2.75) is 19.3 Å². The number of anilines is 1. The van der Waals surface area contributed by atoms with Gasteiger partial charge in [-0.2, -0.15) is 5.26 Å². The molecule has 24 heavy (non-hydrogen) atoms. The Morgan fingerprint density at radius 3 is 2.83 bits per heavy atom. The maximum atomic E-state index is 9.73. The molecule has 122 valence electrons. The van der Waals surface area contributed by atoms with E-state index in [4.69, 9.17) is 4.98 Å². The van der Waals surface area contributed by atoms with E-state index in [0.29, 0.717) is 0 Å². The van der Waals surface area contributed by atoms with Gasteiger partial charge in [0.05, 0.1) is 16.6 Å². The highest BCUT2D eigenvalue weighted by atomic mass is 15.1. The van der Waals surface area contributed by atoms with Gasteiger partial charge in [-0.3, -0.25) is 4.40 Å². The molecule has 1 aromatic carbocycles. The molecule has 0 saturated heterocycles. The van der Waals surface area contributed by atoms with E-state index >= 15 is 0 Å². The van der Waals surface area contributed by atoms with Gasteiger partial charge < -0.3 is 10.2 Å². The van der Waals surface area contributed by atoms with Crippen molar-refractivity contribution in [2.24, 2.45) is 0 Å². The summed E-state index contributed by atoms with van der Waals surface area (Å²) >= 11 is 0. The van der Waals surface area contributed by atoms with E-state index in [2.05, 4.69) is 40.8 Å². The number of pyridine rings is 1. The number of hydrogen-bond donors (Lipinski definition) is 1. The Hall–Kier alpha value is -2.58. The molecule has 0 amide bonds. The molecule has 0 fully saturated rings. The SMILES string of the molecule is CN(C)CCNc1c2c(c(C#N)c3nc4ccccc4n13)CCC2. The summed E-state index contributed by atoms with van der Waals surface area (Å²) in [6.45, 7) is 1.83. The summed E-state index contributed by atoms with van der Waals surface area (Å²) in [5.41, 5.74) is 6.01. The smallest absolute Gasteiger partial charge is 0.157 e. The van der Waals surface area contributed by atoms with E-state index in [9.17, 15) is 5.26 Å². The van der Waals surface area contributed by atoms with Crippen LogP contribution in [0.25, 0.3) is 16.7 Å². The van der Waals surface area contributed by atoms with Gasteiger partial charge in [0.15, 0.2) is 5.65 Å². The van der Waals surface area contributed by atoms with Gasteiger partial charge in [-0.1, -0.05) is 12.1 Å². The molecule has 3 aromatic rings. The molecule has 0 radical (unpaired) electrons. The van der Waals surface area contributed by atoms with Crippen LogP contribution < -0.4 is 5.32 Å². The van der Waals surface area contributed by atoms with Crippen LogP contribution in [-0.4, -0.2) is 41.5 Å². The van der Waals surface area contributed by atoms with Crippen molar-refractivity contribution in [3.63, 3.8) is 0 Å². The molecule has 0 atom stereocenters. The monoisotopic (exact) mass is 319 g/mol. The van der Waals surface area contributed by atoms with Gasteiger partial charge in [0.1, 0.15) is 11.9 Å². The van der Waals surface area contributed by atoms with Crippen molar-refractivity contribution >= 4 is 22.5 Å². The minimum absolute atomic E-state index is 0.747. The van der Waals surface area contributed by atoms with Crippen molar-refractivity contribution < 1.29 is 0 Å². The van der Waals surface area contributed by atoms with Crippen LogP contribution in [0.2, 0.25) is 0 Å². The Bertz CT molecular complexity index is 961. The molecule has 2 aromatic heterocycles. The predicted molar refractivity (Wildman–Crippen MR) is 96.5 cm³/mol. The van der Waals surface area contributed by atoms with E-state index in [1.807, 2.05) is 18.2 Å². The lowest BCUT2D eigenvalue weighted by atomic mass is 10.1. The molecule has 0 saturated carbocycles. The number of para-hydroxylation sites is 2. The van der Waals surface area contributed by atoms with Gasteiger partial charge in [0.25, 0.3) is 0 Å². The maximum absolute atomic E-state index is 9.73. The zero-order valence-electron chi connectivity index (χ0n) is 14.1. The van der Waals surface area contributed by atoms with Gasteiger partial charge in [-0.25, -0.2) is 4.98 Å². The number of likely N-dealkylation sites (N-methyl/N-ethyl adjacent to an activating group) is 1. The summed E-state index contributed by atoms with van der Waals surface area (Å²) in [7, 11) is 4.15. The lowest BCUT2D eigenvalue weighted by Gasteiger charge is -2.17. The average molecular weight is 319 g/mol. The van der Waals surface area contributed by atoms with Crippen LogP contribution in [0.4, 0.5) is 5.82 Å². The van der Waals surface area contributed by atoms with Crippen molar-refractivity contribution in [3.8, 4) is 6.07 Å². The number of fused-ring (bicyclic) bond motifs is 4. The number of aromatic nitrogens is 2. The second kappa shape index (κ2) is 5.81. The Labute approximate surface area is 141 Å². The summed E-state index contributed by atoms with van der Waals surface area (Å²) in [5.74, 6) is 1.12. The fourth-order valence-electron chi connectivity index (χ4n) is 3.67. The molecule has 1 aliphatic rings. The number of imidazole rings is 1. The van der Waals surface area contributed by atoms with Crippen LogP contribution in [0.1, 0.15) is 23.1 Å². The molecule has 1 N–H and O–H groups in total. The van der Waals surface area contributed by atoms with Crippen LogP contribution in [-0.2, 0) is 12.8 Å². The number of nitriles is 1. The van der Waals surface area contributed by atoms with Crippen molar-refractivity contribution in [2.75, 3.05) is 32.5 Å². The molecule has 5 nitrogen and oxygen atoms in total.